The highest BCUT2D eigenvalue weighted by Crippen LogP contribution is 2.29. The molecule has 170 valence electrons. The van der Waals surface area contributed by atoms with Gasteiger partial charge in [0.2, 0.25) is 11.9 Å². The van der Waals surface area contributed by atoms with Crippen molar-refractivity contribution in [3.63, 3.8) is 0 Å². The Bertz CT molecular complexity index is 880. The van der Waals surface area contributed by atoms with E-state index in [4.69, 9.17) is 4.42 Å². The summed E-state index contributed by atoms with van der Waals surface area (Å²) in [6.07, 6.45) is 2.83. The molecule has 3 rings (SSSR count). The van der Waals surface area contributed by atoms with Crippen molar-refractivity contribution in [1.29, 1.82) is 0 Å². The van der Waals surface area contributed by atoms with Crippen molar-refractivity contribution >= 4 is 29.6 Å². The number of rotatable bonds is 6. The first-order valence-electron chi connectivity index (χ1n) is 10.6. The fraction of sp³-hybridized carbons (Fsp3) is 0.619. The largest absolute Gasteiger partial charge is 0.467 e. The highest BCUT2D eigenvalue weighted by molar-refractivity contribution is 7.99. The summed E-state index contributed by atoms with van der Waals surface area (Å²) in [6, 6.07) is 3.24. The monoisotopic (exact) mass is 448 g/mol. The van der Waals surface area contributed by atoms with E-state index in [2.05, 4.69) is 39.6 Å². The molecule has 10 heteroatoms. The van der Waals surface area contributed by atoms with Gasteiger partial charge in [0.05, 0.1) is 18.6 Å². The summed E-state index contributed by atoms with van der Waals surface area (Å²) in [5.74, 6) is 2.38. The maximum Gasteiger partial charge on any atom is 0.321 e. The van der Waals surface area contributed by atoms with Crippen LogP contribution in [0.15, 0.2) is 28.0 Å². The standard InChI is InChI=1S/C21H32N6O3S/c1-14-9-15(2)11-26(10-14)19-24-25-20(27(19)12-16-7-6-8-30-16)31-13-17(28)22-18(29)23-21(3,4)5/h6-8,14-15H,9-13H2,1-5H3,(H2,22,23,28,29)/t14-,15+. The number of carbonyl (C=O) groups excluding carboxylic acids is 2. The van der Waals surface area contributed by atoms with Crippen molar-refractivity contribution < 1.29 is 14.0 Å². The Labute approximate surface area is 187 Å². The van der Waals surface area contributed by atoms with Crippen LogP contribution in [0.2, 0.25) is 0 Å². The molecule has 9 nitrogen and oxygen atoms in total. The van der Waals surface area contributed by atoms with E-state index in [1.807, 2.05) is 37.5 Å². The summed E-state index contributed by atoms with van der Waals surface area (Å²) in [5.41, 5.74) is -0.418. The van der Waals surface area contributed by atoms with E-state index in [0.717, 1.165) is 24.8 Å². The molecule has 31 heavy (non-hydrogen) atoms. The van der Waals surface area contributed by atoms with Crippen LogP contribution in [0.4, 0.5) is 10.7 Å². The highest BCUT2D eigenvalue weighted by Gasteiger charge is 2.27. The Kier molecular flexibility index (Phi) is 7.30. The molecule has 0 unspecified atom stereocenters. The number of hydrogen-bond acceptors (Lipinski definition) is 7. The summed E-state index contributed by atoms with van der Waals surface area (Å²) >= 11 is 1.25. The van der Waals surface area contributed by atoms with E-state index in [-0.39, 0.29) is 11.7 Å². The van der Waals surface area contributed by atoms with E-state index >= 15 is 0 Å². The Morgan fingerprint density at radius 2 is 1.94 bits per heavy atom. The van der Waals surface area contributed by atoms with Crippen LogP contribution >= 0.6 is 11.8 Å². The van der Waals surface area contributed by atoms with Gasteiger partial charge in [0.1, 0.15) is 5.76 Å². The first-order valence-corrected chi connectivity index (χ1v) is 11.5. The number of furan rings is 1. The Balaban J connectivity index is 1.71. The fourth-order valence-corrected chi connectivity index (χ4v) is 4.54. The van der Waals surface area contributed by atoms with Gasteiger partial charge >= 0.3 is 6.03 Å². The number of aromatic nitrogens is 3. The normalized spacial score (nSPS) is 19.3. The lowest BCUT2D eigenvalue weighted by molar-refractivity contribution is -0.117. The fourth-order valence-electron chi connectivity index (χ4n) is 3.81. The van der Waals surface area contributed by atoms with Crippen LogP contribution in [0.5, 0.6) is 0 Å². The highest BCUT2D eigenvalue weighted by atomic mass is 32.2. The van der Waals surface area contributed by atoms with E-state index < -0.39 is 11.6 Å². The average molecular weight is 449 g/mol. The van der Waals surface area contributed by atoms with Crippen molar-refractivity contribution in [2.75, 3.05) is 23.7 Å². The number of imide groups is 1. The van der Waals surface area contributed by atoms with Gasteiger partial charge in [-0.25, -0.2) is 4.79 Å². The zero-order valence-electron chi connectivity index (χ0n) is 18.8. The van der Waals surface area contributed by atoms with E-state index in [9.17, 15) is 9.59 Å². The number of anilines is 1. The molecular weight excluding hydrogens is 416 g/mol. The quantitative estimate of drug-likeness (QED) is 0.654. The molecule has 0 saturated carbocycles. The summed E-state index contributed by atoms with van der Waals surface area (Å²) < 4.78 is 7.52. The first kappa shape index (κ1) is 23.2. The number of urea groups is 1. The number of amides is 3. The SMILES string of the molecule is C[C@@H]1C[C@H](C)CN(c2nnc(SCC(=O)NC(=O)NC(C)(C)C)n2Cc2ccco2)C1. The maximum atomic E-state index is 12.3. The van der Waals surface area contributed by atoms with Gasteiger partial charge in [0.15, 0.2) is 5.16 Å². The average Bonchev–Trinajstić information content (AvgIpc) is 3.28. The maximum absolute atomic E-state index is 12.3. The van der Waals surface area contributed by atoms with Crippen molar-refractivity contribution in [1.82, 2.24) is 25.4 Å². The molecule has 2 N–H and O–H groups in total. The molecule has 1 fully saturated rings. The molecule has 0 spiro atoms. The van der Waals surface area contributed by atoms with Gasteiger partial charge in [-0.15, -0.1) is 10.2 Å². The summed E-state index contributed by atoms with van der Waals surface area (Å²) in [5, 5.41) is 14.5. The van der Waals surface area contributed by atoms with Crippen LogP contribution < -0.4 is 15.5 Å². The third-order valence-electron chi connectivity index (χ3n) is 4.82. The minimum absolute atomic E-state index is 0.0562. The first-order chi connectivity index (χ1) is 14.6. The van der Waals surface area contributed by atoms with Gasteiger partial charge in [-0.05, 0) is 51.2 Å². The van der Waals surface area contributed by atoms with Crippen LogP contribution in [0.1, 0.15) is 46.8 Å². The Morgan fingerprint density at radius 3 is 2.55 bits per heavy atom. The summed E-state index contributed by atoms with van der Waals surface area (Å²) in [6.45, 7) is 12.4. The van der Waals surface area contributed by atoms with Gasteiger partial charge in [-0.3, -0.25) is 14.7 Å². The van der Waals surface area contributed by atoms with Crippen molar-refractivity contribution in [2.45, 2.75) is 58.3 Å². The van der Waals surface area contributed by atoms with Gasteiger partial charge in [0.25, 0.3) is 0 Å². The molecule has 3 amide bonds. The number of carbonyl (C=O) groups is 2. The lowest BCUT2D eigenvalue weighted by Crippen LogP contribution is -2.48. The van der Waals surface area contributed by atoms with Gasteiger partial charge in [-0.2, -0.15) is 0 Å². The van der Waals surface area contributed by atoms with Gasteiger partial charge in [0, 0.05) is 18.6 Å². The topological polar surface area (TPSA) is 105 Å². The van der Waals surface area contributed by atoms with Gasteiger partial charge < -0.3 is 14.6 Å². The molecule has 1 saturated heterocycles. The number of nitrogens with zero attached hydrogens (tertiary/aromatic N) is 4. The van der Waals surface area contributed by atoms with Crippen LogP contribution in [0.25, 0.3) is 0 Å². The molecule has 3 heterocycles. The third-order valence-corrected chi connectivity index (χ3v) is 5.78. The van der Waals surface area contributed by atoms with Crippen molar-refractivity contribution in [3.05, 3.63) is 24.2 Å². The zero-order chi connectivity index (χ0) is 22.6. The lowest BCUT2D eigenvalue weighted by atomic mass is 9.92. The van der Waals surface area contributed by atoms with Crippen LogP contribution in [0.3, 0.4) is 0 Å². The molecule has 2 aromatic rings. The van der Waals surface area contributed by atoms with Crippen molar-refractivity contribution in [3.8, 4) is 0 Å². The molecule has 1 aliphatic heterocycles. The van der Waals surface area contributed by atoms with Gasteiger partial charge in [-0.1, -0.05) is 25.6 Å². The van der Waals surface area contributed by atoms with Crippen molar-refractivity contribution in [2.24, 2.45) is 11.8 Å². The molecule has 2 aromatic heterocycles. The second kappa shape index (κ2) is 9.76. The minimum atomic E-state index is -0.507. The number of hydrogen-bond donors (Lipinski definition) is 2. The third kappa shape index (κ3) is 6.75. The molecule has 2 atom stereocenters. The number of nitrogens with one attached hydrogen (secondary N) is 2. The van der Waals surface area contributed by atoms with Crippen LogP contribution in [-0.4, -0.2) is 51.1 Å². The van der Waals surface area contributed by atoms with Crippen LogP contribution in [0, 0.1) is 11.8 Å². The molecule has 0 aliphatic carbocycles. The molecule has 0 radical (unpaired) electrons. The Hall–Kier alpha value is -2.49. The Morgan fingerprint density at radius 1 is 1.23 bits per heavy atom. The second-order valence-corrected chi connectivity index (χ2v) is 10.3. The smallest absolute Gasteiger partial charge is 0.321 e. The lowest BCUT2D eigenvalue weighted by Gasteiger charge is -2.35. The molecule has 0 bridgehead atoms. The second-order valence-electron chi connectivity index (χ2n) is 9.34. The van der Waals surface area contributed by atoms with E-state index in [1.54, 1.807) is 6.26 Å². The predicted octanol–water partition coefficient (Wildman–Crippen LogP) is 3.12. The number of piperidine rings is 1. The molecular formula is C21H32N6O3S. The summed E-state index contributed by atoms with van der Waals surface area (Å²) in [7, 11) is 0. The minimum Gasteiger partial charge on any atom is -0.467 e. The number of thioether (sulfide) groups is 1. The predicted molar refractivity (Wildman–Crippen MR) is 120 cm³/mol. The zero-order valence-corrected chi connectivity index (χ0v) is 19.7. The van der Waals surface area contributed by atoms with E-state index in [0.29, 0.717) is 23.5 Å². The molecule has 0 aromatic carbocycles. The molecule has 1 aliphatic rings. The summed E-state index contributed by atoms with van der Waals surface area (Å²) in [4.78, 5) is 26.4. The van der Waals surface area contributed by atoms with E-state index in [1.165, 1.54) is 18.2 Å². The van der Waals surface area contributed by atoms with Crippen LogP contribution in [-0.2, 0) is 11.3 Å².